The van der Waals surface area contributed by atoms with Gasteiger partial charge in [0.05, 0.1) is 0 Å². The van der Waals surface area contributed by atoms with Gasteiger partial charge in [-0.05, 0) is 54.6 Å². The van der Waals surface area contributed by atoms with Gasteiger partial charge in [-0.15, -0.1) is 0 Å². The molecule has 0 aliphatic heterocycles. The third-order valence-electron chi connectivity index (χ3n) is 9.31. The van der Waals surface area contributed by atoms with Gasteiger partial charge in [0.15, 0.2) is 17.5 Å². The first-order valence-electron chi connectivity index (χ1n) is 16.9. The van der Waals surface area contributed by atoms with E-state index in [1.807, 2.05) is 97.1 Å². The summed E-state index contributed by atoms with van der Waals surface area (Å²) in [6, 6.07) is 57.4. The Labute approximate surface area is 292 Å². The molecule has 0 N–H and O–H groups in total. The minimum Gasteiger partial charge on any atom is -0.456 e. The lowest BCUT2D eigenvalue weighted by Crippen LogP contribution is -2.09. The molecule has 0 aliphatic carbocycles. The number of hydrogen-bond donors (Lipinski definition) is 0. The normalized spacial score (nSPS) is 11.5. The summed E-state index contributed by atoms with van der Waals surface area (Å²) >= 11 is 0. The van der Waals surface area contributed by atoms with E-state index >= 15 is 0 Å². The summed E-state index contributed by atoms with van der Waals surface area (Å²) in [4.78, 5) is 17.2. The van der Waals surface area contributed by atoms with Gasteiger partial charge in [-0.25, -0.2) is 15.0 Å². The first kappa shape index (κ1) is 28.9. The molecule has 0 amide bonds. The summed E-state index contributed by atoms with van der Waals surface area (Å²) in [6.07, 6.45) is 0. The number of para-hydroxylation sites is 2. The lowest BCUT2D eigenvalue weighted by molar-refractivity contribution is 0.668. The minimum atomic E-state index is 0.589. The molecule has 6 nitrogen and oxygen atoms in total. The van der Waals surface area contributed by atoms with E-state index in [9.17, 15) is 0 Å². The van der Waals surface area contributed by atoms with E-state index in [0.29, 0.717) is 17.5 Å². The van der Waals surface area contributed by atoms with E-state index < -0.39 is 0 Å². The fraction of sp³-hybridized carbons (Fsp3) is 0. The molecular weight excluding hydrogens is 629 g/mol. The van der Waals surface area contributed by atoms with E-state index in [0.717, 1.165) is 77.6 Å². The van der Waals surface area contributed by atoms with Crippen molar-refractivity contribution in [3.63, 3.8) is 0 Å². The summed E-state index contributed by atoms with van der Waals surface area (Å²) < 4.78 is 12.8. The fourth-order valence-electron chi connectivity index (χ4n) is 6.95. The lowest BCUT2D eigenvalue weighted by atomic mass is 10.0. The molecule has 6 heteroatoms. The molecule has 0 bridgehead atoms. The van der Waals surface area contributed by atoms with Crippen LogP contribution in [-0.2, 0) is 0 Å². The standard InChI is InChI=1S/C45H28N4O2/c1-4-13-29(14-5-1)43-46-44(30-15-6-2-7-16-30)48-45(47-43)36-20-12-22-40-42(36)35-25-23-33(28-41(35)51-40)49(31-17-8-3-9-18-31)32-24-26-39-37(27-32)34-19-10-11-21-38(34)50-39/h1-28H. The van der Waals surface area contributed by atoms with E-state index in [4.69, 9.17) is 23.8 Å². The molecule has 7 aromatic carbocycles. The van der Waals surface area contributed by atoms with Gasteiger partial charge in [0, 0.05) is 61.4 Å². The molecule has 3 heterocycles. The minimum absolute atomic E-state index is 0.589. The zero-order valence-corrected chi connectivity index (χ0v) is 27.3. The third kappa shape index (κ3) is 5.01. The van der Waals surface area contributed by atoms with Crippen molar-refractivity contribution in [1.29, 1.82) is 0 Å². The molecule has 10 aromatic rings. The fourth-order valence-corrected chi connectivity index (χ4v) is 6.95. The highest BCUT2D eigenvalue weighted by atomic mass is 16.3. The van der Waals surface area contributed by atoms with Gasteiger partial charge in [-0.1, -0.05) is 109 Å². The molecule has 0 saturated carbocycles. The first-order valence-corrected chi connectivity index (χ1v) is 16.9. The van der Waals surface area contributed by atoms with Crippen molar-refractivity contribution in [2.45, 2.75) is 0 Å². The Bertz CT molecular complexity index is 2810. The Morgan fingerprint density at radius 2 is 0.922 bits per heavy atom. The largest absolute Gasteiger partial charge is 0.456 e. The smallest absolute Gasteiger partial charge is 0.164 e. The predicted molar refractivity (Wildman–Crippen MR) is 205 cm³/mol. The van der Waals surface area contributed by atoms with Crippen LogP contribution in [0.5, 0.6) is 0 Å². The van der Waals surface area contributed by atoms with Crippen molar-refractivity contribution in [1.82, 2.24) is 15.0 Å². The highest BCUT2D eigenvalue weighted by molar-refractivity contribution is 6.13. The Balaban J connectivity index is 1.14. The number of fused-ring (bicyclic) bond motifs is 6. The van der Waals surface area contributed by atoms with Crippen molar-refractivity contribution < 1.29 is 8.83 Å². The molecule has 0 radical (unpaired) electrons. The number of furan rings is 2. The van der Waals surface area contributed by atoms with Crippen molar-refractivity contribution in [3.8, 4) is 34.2 Å². The Morgan fingerprint density at radius 1 is 0.353 bits per heavy atom. The number of nitrogens with zero attached hydrogens (tertiary/aromatic N) is 4. The van der Waals surface area contributed by atoms with Crippen LogP contribution >= 0.6 is 0 Å². The average molecular weight is 657 g/mol. The number of aromatic nitrogens is 3. The van der Waals surface area contributed by atoms with Crippen LogP contribution < -0.4 is 4.90 Å². The number of benzene rings is 7. The van der Waals surface area contributed by atoms with Crippen LogP contribution in [0.2, 0.25) is 0 Å². The highest BCUT2D eigenvalue weighted by Crippen LogP contribution is 2.42. The van der Waals surface area contributed by atoms with Crippen LogP contribution in [-0.4, -0.2) is 15.0 Å². The van der Waals surface area contributed by atoms with Crippen molar-refractivity contribution in [2.75, 3.05) is 4.90 Å². The number of hydrogen-bond acceptors (Lipinski definition) is 6. The lowest BCUT2D eigenvalue weighted by Gasteiger charge is -2.25. The topological polar surface area (TPSA) is 68.2 Å². The second-order valence-electron chi connectivity index (χ2n) is 12.4. The maximum atomic E-state index is 6.61. The van der Waals surface area contributed by atoms with E-state index in [2.05, 4.69) is 77.7 Å². The van der Waals surface area contributed by atoms with Crippen LogP contribution in [0.4, 0.5) is 17.1 Å². The summed E-state index contributed by atoms with van der Waals surface area (Å²) in [5, 5.41) is 4.10. The molecule has 0 atom stereocenters. The molecule has 0 saturated heterocycles. The molecule has 0 unspecified atom stereocenters. The zero-order chi connectivity index (χ0) is 33.7. The molecule has 0 spiro atoms. The SMILES string of the molecule is c1ccc(-c2nc(-c3ccccc3)nc(-c3cccc4oc5cc(N(c6ccccc6)c6ccc7oc8ccccc8c7c6)ccc5c34)n2)cc1. The maximum absolute atomic E-state index is 6.61. The maximum Gasteiger partial charge on any atom is 0.164 e. The summed E-state index contributed by atoms with van der Waals surface area (Å²) in [6.45, 7) is 0. The molecule has 0 fully saturated rings. The van der Waals surface area contributed by atoms with E-state index in [-0.39, 0.29) is 0 Å². The third-order valence-corrected chi connectivity index (χ3v) is 9.31. The highest BCUT2D eigenvalue weighted by Gasteiger charge is 2.20. The van der Waals surface area contributed by atoms with Gasteiger partial charge in [0.2, 0.25) is 0 Å². The van der Waals surface area contributed by atoms with Gasteiger partial charge in [0.25, 0.3) is 0 Å². The molecule has 3 aromatic heterocycles. The summed E-state index contributed by atoms with van der Waals surface area (Å²) in [5.74, 6) is 1.83. The monoisotopic (exact) mass is 656 g/mol. The van der Waals surface area contributed by atoms with Gasteiger partial charge in [-0.2, -0.15) is 0 Å². The Kier molecular flexibility index (Phi) is 6.70. The summed E-state index contributed by atoms with van der Waals surface area (Å²) in [5.41, 5.74) is 9.03. The van der Waals surface area contributed by atoms with Gasteiger partial charge in [0.1, 0.15) is 22.3 Å². The van der Waals surface area contributed by atoms with Gasteiger partial charge >= 0.3 is 0 Å². The second kappa shape index (κ2) is 11.8. The van der Waals surface area contributed by atoms with Crippen LogP contribution in [0.25, 0.3) is 78.0 Å². The van der Waals surface area contributed by atoms with Crippen molar-refractivity contribution in [3.05, 3.63) is 170 Å². The first-order chi connectivity index (χ1) is 25.3. The molecular formula is C45H28N4O2. The van der Waals surface area contributed by atoms with Crippen molar-refractivity contribution in [2.24, 2.45) is 0 Å². The number of anilines is 3. The zero-order valence-electron chi connectivity index (χ0n) is 27.3. The second-order valence-corrected chi connectivity index (χ2v) is 12.4. The van der Waals surface area contributed by atoms with E-state index in [1.165, 1.54) is 0 Å². The molecule has 240 valence electrons. The van der Waals surface area contributed by atoms with Crippen LogP contribution in [0.15, 0.2) is 179 Å². The molecule has 0 aliphatic rings. The van der Waals surface area contributed by atoms with Crippen molar-refractivity contribution >= 4 is 60.9 Å². The Hall–Kier alpha value is -7.05. The van der Waals surface area contributed by atoms with Crippen LogP contribution in [0, 0.1) is 0 Å². The van der Waals surface area contributed by atoms with Gasteiger partial charge in [-0.3, -0.25) is 0 Å². The van der Waals surface area contributed by atoms with E-state index in [1.54, 1.807) is 0 Å². The van der Waals surface area contributed by atoms with Crippen LogP contribution in [0.1, 0.15) is 0 Å². The van der Waals surface area contributed by atoms with Crippen LogP contribution in [0.3, 0.4) is 0 Å². The molecule has 10 rings (SSSR count). The number of rotatable bonds is 6. The van der Waals surface area contributed by atoms with Gasteiger partial charge < -0.3 is 13.7 Å². The molecule has 51 heavy (non-hydrogen) atoms. The Morgan fingerprint density at radius 3 is 1.67 bits per heavy atom. The quantitative estimate of drug-likeness (QED) is 0.177. The average Bonchev–Trinajstić information content (AvgIpc) is 3.77. The summed E-state index contributed by atoms with van der Waals surface area (Å²) in [7, 11) is 0. The predicted octanol–water partition coefficient (Wildman–Crippen LogP) is 12.1.